The van der Waals surface area contributed by atoms with E-state index in [1.165, 1.54) is 0 Å². The van der Waals surface area contributed by atoms with Crippen LogP contribution in [0.15, 0.2) is 24.5 Å². The van der Waals surface area contributed by atoms with Gasteiger partial charge in [0.2, 0.25) is 5.91 Å². The first kappa shape index (κ1) is 19.3. The molecular weight excluding hydrogens is 356 g/mol. The summed E-state index contributed by atoms with van der Waals surface area (Å²) in [5.41, 5.74) is 0.148. The third kappa shape index (κ3) is 3.65. The molecular formula is C21H30N4O3. The molecule has 0 radical (unpaired) electrons. The zero-order valence-electron chi connectivity index (χ0n) is 16.6. The van der Waals surface area contributed by atoms with Crippen molar-refractivity contribution in [3.63, 3.8) is 0 Å². The molecule has 0 aromatic carbocycles. The molecule has 1 aromatic rings. The maximum absolute atomic E-state index is 13.5. The van der Waals surface area contributed by atoms with Crippen LogP contribution in [0.2, 0.25) is 0 Å². The Balaban J connectivity index is 1.58. The highest BCUT2D eigenvalue weighted by atomic mass is 16.5. The molecule has 2 amide bonds. The van der Waals surface area contributed by atoms with Gasteiger partial charge < -0.3 is 19.9 Å². The van der Waals surface area contributed by atoms with Crippen LogP contribution in [0.5, 0.6) is 0 Å². The standard InChI is InChI=1S/C21H30N4O3/c1-24-12-8-21(20(27)23-17-5-13-28-14-6-17)7-2-11-25(18(21)15-24)19(26)16-3-9-22-10-4-16/h3-4,9-10,17-18H,2,5-8,11-15H2,1H3,(H,23,27)/t18-,21+/m0/s1. The number of piperidine rings is 2. The van der Waals surface area contributed by atoms with E-state index >= 15 is 0 Å². The Morgan fingerprint density at radius 3 is 2.68 bits per heavy atom. The molecule has 7 heteroatoms. The van der Waals surface area contributed by atoms with Crippen LogP contribution in [0.4, 0.5) is 0 Å². The normalized spacial score (nSPS) is 29.2. The molecule has 1 N–H and O–H groups in total. The topological polar surface area (TPSA) is 74.8 Å². The molecule has 4 rings (SSSR count). The van der Waals surface area contributed by atoms with Crippen LogP contribution in [-0.2, 0) is 9.53 Å². The molecule has 152 valence electrons. The van der Waals surface area contributed by atoms with Crippen LogP contribution in [0, 0.1) is 5.41 Å². The summed E-state index contributed by atoms with van der Waals surface area (Å²) in [7, 11) is 2.07. The average molecular weight is 386 g/mol. The summed E-state index contributed by atoms with van der Waals surface area (Å²) in [4.78, 5) is 35.0. The summed E-state index contributed by atoms with van der Waals surface area (Å²) in [6.45, 7) is 3.73. The number of rotatable bonds is 3. The fourth-order valence-electron chi connectivity index (χ4n) is 4.98. The van der Waals surface area contributed by atoms with Gasteiger partial charge in [-0.25, -0.2) is 0 Å². The maximum atomic E-state index is 13.5. The molecule has 2 atom stereocenters. The van der Waals surface area contributed by atoms with Gasteiger partial charge in [0.05, 0.1) is 11.5 Å². The van der Waals surface area contributed by atoms with E-state index in [-0.39, 0.29) is 23.9 Å². The Morgan fingerprint density at radius 2 is 1.93 bits per heavy atom. The van der Waals surface area contributed by atoms with Gasteiger partial charge in [-0.2, -0.15) is 0 Å². The summed E-state index contributed by atoms with van der Waals surface area (Å²) in [5, 5.41) is 3.31. The highest BCUT2D eigenvalue weighted by Crippen LogP contribution is 2.43. The zero-order valence-corrected chi connectivity index (χ0v) is 16.6. The summed E-state index contributed by atoms with van der Waals surface area (Å²) >= 11 is 0. The Bertz CT molecular complexity index is 707. The predicted octanol–water partition coefficient (Wildman–Crippen LogP) is 1.30. The van der Waals surface area contributed by atoms with Gasteiger partial charge >= 0.3 is 0 Å². The van der Waals surface area contributed by atoms with Crippen LogP contribution in [0.25, 0.3) is 0 Å². The minimum absolute atomic E-state index is 0.00522. The van der Waals surface area contributed by atoms with Crippen molar-refractivity contribution in [3.8, 4) is 0 Å². The third-order valence-corrected chi connectivity index (χ3v) is 6.66. The van der Waals surface area contributed by atoms with E-state index in [0.717, 1.165) is 45.2 Å². The minimum Gasteiger partial charge on any atom is -0.381 e. The summed E-state index contributed by atoms with van der Waals surface area (Å²) in [6.07, 6.45) is 7.53. The smallest absolute Gasteiger partial charge is 0.254 e. The molecule has 0 spiro atoms. The minimum atomic E-state index is -0.494. The van der Waals surface area contributed by atoms with Crippen molar-refractivity contribution in [1.82, 2.24) is 20.1 Å². The van der Waals surface area contributed by atoms with E-state index < -0.39 is 5.41 Å². The van der Waals surface area contributed by atoms with Gasteiger partial charge in [0.1, 0.15) is 0 Å². The van der Waals surface area contributed by atoms with Crippen LogP contribution in [-0.4, -0.2) is 78.6 Å². The number of hydrogen-bond acceptors (Lipinski definition) is 5. The fraction of sp³-hybridized carbons (Fsp3) is 0.667. The van der Waals surface area contributed by atoms with Crippen LogP contribution in [0.1, 0.15) is 42.5 Å². The number of likely N-dealkylation sites (N-methyl/N-ethyl adjacent to an activating group) is 1. The van der Waals surface area contributed by atoms with Gasteiger partial charge in [-0.05, 0) is 57.8 Å². The Hall–Kier alpha value is -1.99. The van der Waals surface area contributed by atoms with Crippen molar-refractivity contribution in [1.29, 1.82) is 0 Å². The Kier molecular flexibility index (Phi) is 5.64. The van der Waals surface area contributed by atoms with E-state index in [2.05, 4.69) is 22.2 Å². The number of aromatic nitrogens is 1. The Morgan fingerprint density at radius 1 is 1.18 bits per heavy atom. The quantitative estimate of drug-likeness (QED) is 0.848. The molecule has 1 aromatic heterocycles. The van der Waals surface area contributed by atoms with Crippen molar-refractivity contribution < 1.29 is 14.3 Å². The molecule has 3 aliphatic heterocycles. The van der Waals surface area contributed by atoms with E-state index in [1.807, 2.05) is 4.90 Å². The monoisotopic (exact) mass is 386 g/mol. The lowest BCUT2D eigenvalue weighted by atomic mass is 9.67. The molecule has 28 heavy (non-hydrogen) atoms. The number of ether oxygens (including phenoxy) is 1. The first-order valence-electron chi connectivity index (χ1n) is 10.4. The van der Waals surface area contributed by atoms with Crippen LogP contribution < -0.4 is 5.32 Å². The second-order valence-corrected chi connectivity index (χ2v) is 8.38. The van der Waals surface area contributed by atoms with Crippen LogP contribution >= 0.6 is 0 Å². The zero-order chi connectivity index (χ0) is 19.6. The fourth-order valence-corrected chi connectivity index (χ4v) is 4.98. The Labute approximate surface area is 166 Å². The van der Waals surface area contributed by atoms with Crippen LogP contribution in [0.3, 0.4) is 0 Å². The predicted molar refractivity (Wildman–Crippen MR) is 105 cm³/mol. The van der Waals surface area contributed by atoms with Gasteiger partial charge in [-0.3, -0.25) is 14.6 Å². The number of carbonyl (C=O) groups excluding carboxylic acids is 2. The average Bonchev–Trinajstić information content (AvgIpc) is 2.74. The van der Waals surface area contributed by atoms with E-state index in [0.29, 0.717) is 25.3 Å². The summed E-state index contributed by atoms with van der Waals surface area (Å²) in [5.74, 6) is 0.135. The molecule has 0 saturated carbocycles. The van der Waals surface area contributed by atoms with Crippen molar-refractivity contribution >= 4 is 11.8 Å². The molecule has 0 bridgehead atoms. The largest absolute Gasteiger partial charge is 0.381 e. The second kappa shape index (κ2) is 8.17. The molecule has 3 fully saturated rings. The molecule has 0 aliphatic carbocycles. The van der Waals surface area contributed by atoms with E-state index in [9.17, 15) is 9.59 Å². The molecule has 3 saturated heterocycles. The van der Waals surface area contributed by atoms with E-state index in [4.69, 9.17) is 4.74 Å². The SMILES string of the molecule is CN1CC[C@]2(C(=O)NC3CCOCC3)CCCN(C(=O)c3ccncc3)[C@H]2C1. The highest BCUT2D eigenvalue weighted by Gasteiger charge is 2.53. The molecule has 3 aliphatic rings. The van der Waals surface area contributed by atoms with Gasteiger partial charge in [0.25, 0.3) is 5.91 Å². The van der Waals surface area contributed by atoms with Gasteiger partial charge in [0.15, 0.2) is 0 Å². The third-order valence-electron chi connectivity index (χ3n) is 6.66. The number of fused-ring (bicyclic) bond motifs is 1. The van der Waals surface area contributed by atoms with Gasteiger partial charge in [-0.15, -0.1) is 0 Å². The van der Waals surface area contributed by atoms with Crippen molar-refractivity contribution in [3.05, 3.63) is 30.1 Å². The van der Waals surface area contributed by atoms with Gasteiger partial charge in [0, 0.05) is 50.3 Å². The second-order valence-electron chi connectivity index (χ2n) is 8.38. The van der Waals surface area contributed by atoms with E-state index in [1.54, 1.807) is 24.5 Å². The number of amides is 2. The summed E-state index contributed by atoms with van der Waals surface area (Å²) < 4.78 is 5.43. The number of hydrogen-bond donors (Lipinski definition) is 1. The first-order valence-corrected chi connectivity index (χ1v) is 10.4. The highest BCUT2D eigenvalue weighted by molar-refractivity contribution is 5.95. The van der Waals surface area contributed by atoms with Crippen molar-refractivity contribution in [2.45, 2.75) is 44.2 Å². The van der Waals surface area contributed by atoms with Crippen molar-refractivity contribution in [2.24, 2.45) is 5.41 Å². The van der Waals surface area contributed by atoms with Crippen molar-refractivity contribution in [2.75, 3.05) is 39.9 Å². The lowest BCUT2D eigenvalue weighted by Crippen LogP contribution is -2.67. The summed E-state index contributed by atoms with van der Waals surface area (Å²) in [6, 6.07) is 3.60. The molecule has 7 nitrogen and oxygen atoms in total. The number of nitrogens with zero attached hydrogens (tertiary/aromatic N) is 3. The lowest BCUT2D eigenvalue weighted by molar-refractivity contribution is -0.143. The number of nitrogens with one attached hydrogen (secondary N) is 1. The molecule has 0 unspecified atom stereocenters. The first-order chi connectivity index (χ1) is 13.6. The maximum Gasteiger partial charge on any atom is 0.254 e. The number of likely N-dealkylation sites (tertiary alicyclic amines) is 2. The lowest BCUT2D eigenvalue weighted by Gasteiger charge is -2.53. The van der Waals surface area contributed by atoms with Gasteiger partial charge in [-0.1, -0.05) is 0 Å². The number of pyridine rings is 1. The molecule has 4 heterocycles. The number of carbonyl (C=O) groups is 2.